The summed E-state index contributed by atoms with van der Waals surface area (Å²) in [5.41, 5.74) is 5.41. The molecule has 12 heavy (non-hydrogen) atoms. The number of rotatable bonds is 0. The minimum Gasteiger partial charge on any atom is -0.244 e. The lowest BCUT2D eigenvalue weighted by atomic mass is 10.3. The van der Waals surface area contributed by atoms with Gasteiger partial charge in [0.15, 0.2) is 0 Å². The van der Waals surface area contributed by atoms with E-state index in [1.165, 1.54) is 0 Å². The predicted octanol–water partition coefficient (Wildman–Crippen LogP) is 2.51. The summed E-state index contributed by atoms with van der Waals surface area (Å²) in [4.78, 5) is 8.32. The Morgan fingerprint density at radius 2 is 1.42 bits per heavy atom. The van der Waals surface area contributed by atoms with Crippen LogP contribution in [-0.4, -0.2) is 9.97 Å². The van der Waals surface area contributed by atoms with Crippen molar-refractivity contribution < 1.29 is 0 Å². The fourth-order valence-electron chi connectivity index (χ4n) is 1.06. The van der Waals surface area contributed by atoms with Crippen LogP contribution in [0.1, 0.15) is 0 Å². The van der Waals surface area contributed by atoms with Gasteiger partial charge in [0.1, 0.15) is 0 Å². The van der Waals surface area contributed by atoms with Crippen molar-refractivity contribution in [2.45, 2.75) is 0 Å². The van der Waals surface area contributed by atoms with E-state index in [9.17, 15) is 0 Å². The molecule has 0 unspecified atom stereocenters. The molecule has 0 atom stereocenters. The topological polar surface area (TPSA) is 25.8 Å². The van der Waals surface area contributed by atoms with Crippen LogP contribution in [0.3, 0.4) is 0 Å². The van der Waals surface area contributed by atoms with E-state index in [1.54, 1.807) is 33.7 Å². The molecule has 2 aromatic heterocycles. The molecule has 3 rings (SSSR count). The average Bonchev–Trinajstić information content (AvgIpc) is 2.64. The van der Waals surface area contributed by atoms with Gasteiger partial charge < -0.3 is 0 Å². The third kappa shape index (κ3) is 0.790. The summed E-state index contributed by atoms with van der Waals surface area (Å²) >= 11 is 3.14. The van der Waals surface area contributed by atoms with Gasteiger partial charge in [-0.2, -0.15) is 0 Å². The summed E-state index contributed by atoms with van der Waals surface area (Å²) < 4.78 is 2.07. The quantitative estimate of drug-likeness (QED) is 0.544. The zero-order valence-electron chi connectivity index (χ0n) is 5.87. The van der Waals surface area contributed by atoms with E-state index in [4.69, 9.17) is 0 Å². The largest absolute Gasteiger partial charge is 0.244 e. The number of fused-ring (bicyclic) bond motifs is 2. The van der Waals surface area contributed by atoms with Crippen molar-refractivity contribution in [3.8, 4) is 0 Å². The van der Waals surface area contributed by atoms with Crippen LogP contribution in [0.4, 0.5) is 0 Å². The lowest BCUT2D eigenvalue weighted by Gasteiger charge is -1.85. The highest BCUT2D eigenvalue weighted by molar-refractivity contribution is 7.18. The Balaban J connectivity index is 2.62. The van der Waals surface area contributed by atoms with Gasteiger partial charge in [-0.1, -0.05) is 0 Å². The molecule has 1 aromatic carbocycles. The molecule has 0 N–H and O–H groups in total. The van der Waals surface area contributed by atoms with E-state index in [-0.39, 0.29) is 0 Å². The van der Waals surface area contributed by atoms with E-state index >= 15 is 0 Å². The maximum atomic E-state index is 4.16. The molecule has 0 aliphatic heterocycles. The minimum atomic E-state index is 0.900. The molecule has 4 heteroatoms. The van der Waals surface area contributed by atoms with Gasteiger partial charge in [-0.15, -0.1) is 22.7 Å². The van der Waals surface area contributed by atoms with E-state index in [2.05, 4.69) is 22.1 Å². The van der Waals surface area contributed by atoms with E-state index in [1.807, 2.05) is 0 Å². The highest BCUT2D eigenvalue weighted by Gasteiger charge is 2.02. The minimum absolute atomic E-state index is 0.900. The smallest absolute Gasteiger partial charge is 0.0913 e. The van der Waals surface area contributed by atoms with Crippen LogP contribution in [-0.2, 0) is 0 Å². The Hall–Kier alpha value is -1.00. The zero-order valence-corrected chi connectivity index (χ0v) is 7.50. The molecule has 0 amide bonds. The second-order valence-electron chi connectivity index (χ2n) is 2.31. The van der Waals surface area contributed by atoms with Gasteiger partial charge in [0.2, 0.25) is 0 Å². The Bertz CT molecular complexity index is 447. The zero-order chi connectivity index (χ0) is 7.97. The Labute approximate surface area is 76.5 Å². The maximum absolute atomic E-state index is 4.16. The summed E-state index contributed by atoms with van der Waals surface area (Å²) in [6.45, 7) is 0. The van der Waals surface area contributed by atoms with Gasteiger partial charge in [0.25, 0.3) is 0 Å². The Morgan fingerprint density at radius 1 is 0.917 bits per heavy atom. The lowest BCUT2D eigenvalue weighted by molar-refractivity contribution is 1.49. The summed E-state index contributed by atoms with van der Waals surface area (Å²) in [6, 6.07) is 6.39. The molecule has 0 aliphatic carbocycles. The molecule has 0 saturated heterocycles. The molecular formula is C8H2N2S2. The average molecular weight is 190 g/mol. The fraction of sp³-hybridized carbons (Fsp3) is 0. The maximum Gasteiger partial charge on any atom is 0.0913 e. The van der Waals surface area contributed by atoms with Gasteiger partial charge in [0.05, 0.1) is 31.5 Å². The van der Waals surface area contributed by atoms with Crippen molar-refractivity contribution in [3.63, 3.8) is 0 Å². The molecular weight excluding hydrogens is 188 g/mol. The van der Waals surface area contributed by atoms with E-state index in [0.717, 1.165) is 20.4 Å². The van der Waals surface area contributed by atoms with Crippen LogP contribution in [0, 0.1) is 12.1 Å². The molecule has 0 fully saturated rings. The van der Waals surface area contributed by atoms with Crippen molar-refractivity contribution in [3.05, 3.63) is 23.2 Å². The number of benzene rings is 1. The van der Waals surface area contributed by atoms with Crippen molar-refractivity contribution in [1.82, 2.24) is 9.97 Å². The molecule has 0 spiro atoms. The summed E-state index contributed by atoms with van der Waals surface area (Å²) in [5.74, 6) is 0. The van der Waals surface area contributed by atoms with Crippen molar-refractivity contribution >= 4 is 43.1 Å². The number of hydrogen-bond donors (Lipinski definition) is 0. The van der Waals surface area contributed by atoms with Crippen molar-refractivity contribution in [1.29, 1.82) is 0 Å². The van der Waals surface area contributed by atoms with Gasteiger partial charge in [0, 0.05) is 12.1 Å². The number of thiazole rings is 2. The highest BCUT2D eigenvalue weighted by Crippen LogP contribution is 2.24. The summed E-state index contributed by atoms with van der Waals surface area (Å²) in [6.07, 6.45) is 0. The standard InChI is InChI=1S/C8H2N2S2/c1-5-8(12-3-9-5)2-6-7(1)11-4-10-6/h3-4H. The molecule has 56 valence electrons. The Morgan fingerprint density at radius 3 is 1.92 bits per heavy atom. The van der Waals surface area contributed by atoms with Gasteiger partial charge in [-0.05, 0) is 0 Å². The molecule has 2 heterocycles. The molecule has 2 radical (unpaired) electrons. The van der Waals surface area contributed by atoms with Crippen LogP contribution in [0.2, 0.25) is 0 Å². The SMILES string of the molecule is [c]1c2ncsc2[c]c2ncsc12. The Kier molecular flexibility index (Phi) is 1.22. The van der Waals surface area contributed by atoms with Crippen LogP contribution in [0.5, 0.6) is 0 Å². The van der Waals surface area contributed by atoms with Crippen LogP contribution >= 0.6 is 22.7 Å². The molecule has 0 aliphatic rings. The molecule has 3 aromatic rings. The highest BCUT2D eigenvalue weighted by atomic mass is 32.1. The summed E-state index contributed by atoms with van der Waals surface area (Å²) in [5, 5.41) is 0. The fourth-order valence-corrected chi connectivity index (χ4v) is 2.33. The van der Waals surface area contributed by atoms with E-state index in [0.29, 0.717) is 0 Å². The number of nitrogens with zero attached hydrogens (tertiary/aromatic N) is 2. The molecule has 0 bridgehead atoms. The van der Waals surface area contributed by atoms with Crippen LogP contribution in [0.25, 0.3) is 20.4 Å². The lowest BCUT2D eigenvalue weighted by Crippen LogP contribution is -1.69. The molecule has 2 nitrogen and oxygen atoms in total. The van der Waals surface area contributed by atoms with E-state index < -0.39 is 0 Å². The molecule has 0 saturated carbocycles. The first kappa shape index (κ1) is 6.51. The van der Waals surface area contributed by atoms with Crippen LogP contribution in [0.15, 0.2) is 11.0 Å². The normalized spacial score (nSPS) is 11.3. The van der Waals surface area contributed by atoms with Crippen molar-refractivity contribution in [2.75, 3.05) is 0 Å². The summed E-state index contributed by atoms with van der Waals surface area (Å²) in [7, 11) is 0. The first-order chi connectivity index (χ1) is 5.93. The predicted molar refractivity (Wildman–Crippen MR) is 50.5 cm³/mol. The third-order valence-electron chi connectivity index (χ3n) is 1.60. The number of hydrogen-bond acceptors (Lipinski definition) is 4. The van der Waals surface area contributed by atoms with Crippen molar-refractivity contribution in [2.24, 2.45) is 0 Å². The van der Waals surface area contributed by atoms with Gasteiger partial charge in [-0.3, -0.25) is 0 Å². The first-order valence-electron chi connectivity index (χ1n) is 3.34. The first-order valence-corrected chi connectivity index (χ1v) is 5.10. The monoisotopic (exact) mass is 190 g/mol. The second kappa shape index (κ2) is 2.24. The third-order valence-corrected chi connectivity index (χ3v) is 3.08. The number of aromatic nitrogens is 2. The van der Waals surface area contributed by atoms with Gasteiger partial charge in [-0.25, -0.2) is 9.97 Å². The second-order valence-corrected chi connectivity index (χ2v) is 4.02. The van der Waals surface area contributed by atoms with Gasteiger partial charge >= 0.3 is 0 Å². The van der Waals surface area contributed by atoms with Crippen LogP contribution < -0.4 is 0 Å².